The minimum atomic E-state index is -0.525. The highest BCUT2D eigenvalue weighted by Gasteiger charge is 2.11. The number of phenols is 1. The summed E-state index contributed by atoms with van der Waals surface area (Å²) in [6.07, 6.45) is 0.757. The molecule has 0 aromatic heterocycles. The van der Waals surface area contributed by atoms with E-state index in [-0.39, 0.29) is 11.3 Å². The number of hydrogen-bond acceptors (Lipinski definition) is 4. The molecule has 3 nitrogen and oxygen atoms in total. The van der Waals surface area contributed by atoms with Crippen molar-refractivity contribution in [1.82, 2.24) is 0 Å². The summed E-state index contributed by atoms with van der Waals surface area (Å²) in [5.74, 6) is 0.119. The van der Waals surface area contributed by atoms with Crippen molar-refractivity contribution < 1.29 is 14.6 Å². The molecule has 4 heteroatoms. The molecule has 0 saturated heterocycles. The number of aryl methyl sites for hydroxylation is 1. The van der Waals surface area contributed by atoms with Crippen molar-refractivity contribution in [1.29, 1.82) is 0 Å². The van der Waals surface area contributed by atoms with Crippen molar-refractivity contribution in [3.8, 4) is 5.75 Å². The third-order valence-electron chi connectivity index (χ3n) is 1.87. The van der Waals surface area contributed by atoms with Crippen LogP contribution in [0, 0.1) is 0 Å². The number of carbonyl (C=O) groups is 1. The average Bonchev–Trinajstić information content (AvgIpc) is 2.20. The standard InChI is InChI=1S/C10H12O3S/c1-13-10(12)8-6-7(4-5-14)2-3-9(8)11/h2-3,6,11,14H,4-5H2,1H3. The van der Waals surface area contributed by atoms with Crippen LogP contribution < -0.4 is 0 Å². The Kier molecular flexibility index (Phi) is 3.83. The molecule has 0 bridgehead atoms. The molecule has 14 heavy (non-hydrogen) atoms. The first-order valence-corrected chi connectivity index (χ1v) is 4.83. The van der Waals surface area contributed by atoms with Crippen LogP contribution >= 0.6 is 12.6 Å². The molecule has 1 rings (SSSR count). The summed E-state index contributed by atoms with van der Waals surface area (Å²) in [6, 6.07) is 4.88. The monoisotopic (exact) mass is 212 g/mol. The maximum absolute atomic E-state index is 11.2. The van der Waals surface area contributed by atoms with E-state index >= 15 is 0 Å². The highest BCUT2D eigenvalue weighted by Crippen LogP contribution is 2.19. The summed E-state index contributed by atoms with van der Waals surface area (Å²) >= 11 is 4.09. The molecular weight excluding hydrogens is 200 g/mol. The van der Waals surface area contributed by atoms with E-state index in [1.54, 1.807) is 12.1 Å². The number of ether oxygens (including phenoxy) is 1. The molecule has 0 unspecified atom stereocenters. The molecule has 1 N–H and O–H groups in total. The highest BCUT2D eigenvalue weighted by molar-refractivity contribution is 7.80. The average molecular weight is 212 g/mol. The number of aromatic hydroxyl groups is 1. The van der Waals surface area contributed by atoms with E-state index in [0.29, 0.717) is 5.75 Å². The lowest BCUT2D eigenvalue weighted by Crippen LogP contribution is -2.02. The number of hydrogen-bond donors (Lipinski definition) is 2. The van der Waals surface area contributed by atoms with Gasteiger partial charge < -0.3 is 9.84 Å². The van der Waals surface area contributed by atoms with Crippen LogP contribution in [0.25, 0.3) is 0 Å². The second-order valence-corrected chi connectivity index (χ2v) is 3.26. The largest absolute Gasteiger partial charge is 0.507 e. The topological polar surface area (TPSA) is 46.5 Å². The molecule has 0 fully saturated rings. The van der Waals surface area contributed by atoms with E-state index in [0.717, 1.165) is 12.0 Å². The predicted octanol–water partition coefficient (Wildman–Crippen LogP) is 1.65. The zero-order chi connectivity index (χ0) is 10.6. The molecule has 0 radical (unpaired) electrons. The van der Waals surface area contributed by atoms with Crippen LogP contribution in [0.15, 0.2) is 18.2 Å². The smallest absolute Gasteiger partial charge is 0.341 e. The third kappa shape index (κ3) is 2.42. The van der Waals surface area contributed by atoms with Crippen LogP contribution in [-0.4, -0.2) is 23.9 Å². The third-order valence-corrected chi connectivity index (χ3v) is 2.09. The lowest BCUT2D eigenvalue weighted by Gasteiger charge is -2.04. The maximum Gasteiger partial charge on any atom is 0.341 e. The predicted molar refractivity (Wildman–Crippen MR) is 57.0 cm³/mol. The van der Waals surface area contributed by atoms with Gasteiger partial charge in [0.25, 0.3) is 0 Å². The number of esters is 1. The van der Waals surface area contributed by atoms with Crippen LogP contribution in [0.1, 0.15) is 15.9 Å². The molecule has 1 aromatic rings. The van der Waals surface area contributed by atoms with E-state index in [1.807, 2.05) is 0 Å². The number of carbonyl (C=O) groups excluding carboxylic acids is 1. The number of phenolic OH excluding ortho intramolecular Hbond substituents is 1. The van der Waals surface area contributed by atoms with Crippen LogP contribution in [-0.2, 0) is 11.2 Å². The Labute approximate surface area is 88.1 Å². The van der Waals surface area contributed by atoms with Crippen LogP contribution in [0.3, 0.4) is 0 Å². The Morgan fingerprint density at radius 3 is 2.86 bits per heavy atom. The number of thiol groups is 1. The minimum absolute atomic E-state index is 0.0558. The molecule has 0 heterocycles. The second-order valence-electron chi connectivity index (χ2n) is 2.82. The van der Waals surface area contributed by atoms with Crippen molar-refractivity contribution in [3.63, 3.8) is 0 Å². The molecule has 0 amide bonds. The highest BCUT2D eigenvalue weighted by atomic mass is 32.1. The lowest BCUT2D eigenvalue weighted by molar-refractivity contribution is 0.0597. The Morgan fingerprint density at radius 2 is 2.29 bits per heavy atom. The minimum Gasteiger partial charge on any atom is -0.507 e. The van der Waals surface area contributed by atoms with Gasteiger partial charge in [0, 0.05) is 0 Å². The summed E-state index contributed by atoms with van der Waals surface area (Å²) < 4.78 is 4.53. The number of rotatable bonds is 3. The number of benzene rings is 1. The summed E-state index contributed by atoms with van der Waals surface area (Å²) in [4.78, 5) is 11.2. The number of methoxy groups -OCH3 is 1. The van der Waals surface area contributed by atoms with Gasteiger partial charge in [-0.1, -0.05) is 6.07 Å². The van der Waals surface area contributed by atoms with Crippen molar-refractivity contribution >= 4 is 18.6 Å². The molecule has 0 aliphatic rings. The van der Waals surface area contributed by atoms with Crippen LogP contribution in [0.2, 0.25) is 0 Å². The van der Waals surface area contributed by atoms with Gasteiger partial charge in [0.2, 0.25) is 0 Å². The normalized spacial score (nSPS) is 9.86. The molecule has 1 aromatic carbocycles. The van der Waals surface area contributed by atoms with Crippen LogP contribution in [0.4, 0.5) is 0 Å². The van der Waals surface area contributed by atoms with Gasteiger partial charge in [-0.15, -0.1) is 0 Å². The fourth-order valence-electron chi connectivity index (χ4n) is 1.14. The quantitative estimate of drug-likeness (QED) is 0.591. The van der Waals surface area contributed by atoms with Gasteiger partial charge in [-0.2, -0.15) is 12.6 Å². The van der Waals surface area contributed by atoms with Gasteiger partial charge in [0.15, 0.2) is 0 Å². The Bertz CT molecular complexity index is 336. The summed E-state index contributed by atoms with van der Waals surface area (Å²) in [6.45, 7) is 0. The zero-order valence-corrected chi connectivity index (χ0v) is 8.75. The fraction of sp³-hybridized carbons (Fsp3) is 0.300. The van der Waals surface area contributed by atoms with E-state index in [1.165, 1.54) is 13.2 Å². The van der Waals surface area contributed by atoms with Crippen molar-refractivity contribution in [2.45, 2.75) is 6.42 Å². The first-order chi connectivity index (χ1) is 6.69. The van der Waals surface area contributed by atoms with E-state index in [4.69, 9.17) is 0 Å². The summed E-state index contributed by atoms with van der Waals surface area (Å²) in [5, 5.41) is 9.38. The fourth-order valence-corrected chi connectivity index (χ4v) is 1.40. The van der Waals surface area contributed by atoms with Crippen molar-refractivity contribution in [2.24, 2.45) is 0 Å². The summed E-state index contributed by atoms with van der Waals surface area (Å²) in [5.41, 5.74) is 1.16. The van der Waals surface area contributed by atoms with E-state index < -0.39 is 5.97 Å². The lowest BCUT2D eigenvalue weighted by atomic mass is 10.1. The summed E-state index contributed by atoms with van der Waals surface area (Å²) in [7, 11) is 1.28. The Morgan fingerprint density at radius 1 is 1.57 bits per heavy atom. The first kappa shape index (κ1) is 10.9. The molecule has 0 atom stereocenters. The van der Waals surface area contributed by atoms with Gasteiger partial charge >= 0.3 is 5.97 Å². The van der Waals surface area contributed by atoms with Crippen molar-refractivity contribution in [2.75, 3.05) is 12.9 Å². The van der Waals surface area contributed by atoms with E-state index in [2.05, 4.69) is 17.4 Å². The molecule has 0 saturated carbocycles. The molecule has 0 aliphatic carbocycles. The Hall–Kier alpha value is -1.16. The molecule has 0 aliphatic heterocycles. The molecular formula is C10H12O3S. The van der Waals surface area contributed by atoms with Gasteiger partial charge in [0.05, 0.1) is 7.11 Å². The maximum atomic E-state index is 11.2. The molecule has 0 spiro atoms. The zero-order valence-electron chi connectivity index (χ0n) is 7.86. The van der Waals surface area contributed by atoms with Crippen LogP contribution in [0.5, 0.6) is 5.75 Å². The van der Waals surface area contributed by atoms with Gasteiger partial charge in [-0.25, -0.2) is 4.79 Å². The SMILES string of the molecule is COC(=O)c1cc(CCS)ccc1O. The second kappa shape index (κ2) is 4.91. The van der Waals surface area contributed by atoms with Gasteiger partial charge in [0.1, 0.15) is 11.3 Å². The Balaban J connectivity index is 3.01. The molecule has 76 valence electrons. The van der Waals surface area contributed by atoms with Gasteiger partial charge in [-0.05, 0) is 29.9 Å². The first-order valence-electron chi connectivity index (χ1n) is 4.20. The van der Waals surface area contributed by atoms with E-state index in [9.17, 15) is 9.90 Å². The van der Waals surface area contributed by atoms with Crippen molar-refractivity contribution in [3.05, 3.63) is 29.3 Å². The van der Waals surface area contributed by atoms with Gasteiger partial charge in [-0.3, -0.25) is 0 Å².